The molecule has 0 radical (unpaired) electrons. The Labute approximate surface area is 147 Å². The SMILES string of the molecule is O=[N+]([O-])c1cc(NC2CCCN(Cc3ccccc3)C2)ccc1CO. The van der Waals surface area contributed by atoms with Crippen LogP contribution >= 0.6 is 0 Å². The summed E-state index contributed by atoms with van der Waals surface area (Å²) in [5.41, 5.74) is 2.33. The van der Waals surface area contributed by atoms with Crippen molar-refractivity contribution >= 4 is 11.4 Å². The van der Waals surface area contributed by atoms with Gasteiger partial charge in [-0.3, -0.25) is 15.0 Å². The van der Waals surface area contributed by atoms with E-state index in [1.54, 1.807) is 12.1 Å². The van der Waals surface area contributed by atoms with Crippen LogP contribution in [-0.4, -0.2) is 34.1 Å². The lowest BCUT2D eigenvalue weighted by Gasteiger charge is -2.33. The van der Waals surface area contributed by atoms with Gasteiger partial charge in [0.1, 0.15) is 0 Å². The highest BCUT2D eigenvalue weighted by molar-refractivity contribution is 5.55. The van der Waals surface area contributed by atoms with Crippen LogP contribution in [0.2, 0.25) is 0 Å². The molecule has 0 bridgehead atoms. The number of benzene rings is 2. The topological polar surface area (TPSA) is 78.6 Å². The zero-order chi connectivity index (χ0) is 17.6. The molecule has 1 saturated heterocycles. The van der Waals surface area contributed by atoms with Crippen LogP contribution < -0.4 is 5.32 Å². The Bertz CT molecular complexity index is 721. The molecule has 6 heteroatoms. The number of rotatable bonds is 6. The summed E-state index contributed by atoms with van der Waals surface area (Å²) >= 11 is 0. The molecule has 1 fully saturated rings. The van der Waals surface area contributed by atoms with Gasteiger partial charge in [-0.05, 0) is 37.1 Å². The number of piperidine rings is 1. The lowest BCUT2D eigenvalue weighted by atomic mass is 10.0. The van der Waals surface area contributed by atoms with Crippen LogP contribution in [-0.2, 0) is 13.2 Å². The smallest absolute Gasteiger partial charge is 0.276 e. The highest BCUT2D eigenvalue weighted by atomic mass is 16.6. The second-order valence-electron chi connectivity index (χ2n) is 6.46. The van der Waals surface area contributed by atoms with Crippen LogP contribution in [0.5, 0.6) is 0 Å². The Kier molecular flexibility index (Phi) is 5.63. The van der Waals surface area contributed by atoms with E-state index in [2.05, 4.69) is 34.5 Å². The maximum absolute atomic E-state index is 11.1. The van der Waals surface area contributed by atoms with Crippen molar-refractivity contribution in [2.24, 2.45) is 0 Å². The predicted octanol–water partition coefficient (Wildman–Crippen LogP) is 3.16. The minimum atomic E-state index is -0.445. The van der Waals surface area contributed by atoms with Crippen LogP contribution in [0.4, 0.5) is 11.4 Å². The minimum Gasteiger partial charge on any atom is -0.391 e. The van der Waals surface area contributed by atoms with Crippen LogP contribution in [0.1, 0.15) is 24.0 Å². The molecule has 0 aromatic heterocycles. The van der Waals surface area contributed by atoms with E-state index in [1.807, 2.05) is 6.07 Å². The molecule has 3 rings (SSSR count). The highest BCUT2D eigenvalue weighted by Gasteiger charge is 2.21. The number of likely N-dealkylation sites (tertiary alicyclic amines) is 1. The summed E-state index contributed by atoms with van der Waals surface area (Å²) in [4.78, 5) is 13.1. The molecule has 2 aromatic carbocycles. The third-order valence-electron chi connectivity index (χ3n) is 4.58. The summed E-state index contributed by atoms with van der Waals surface area (Å²) in [5.74, 6) is 0. The highest BCUT2D eigenvalue weighted by Crippen LogP contribution is 2.25. The molecule has 1 atom stereocenters. The summed E-state index contributed by atoms with van der Waals surface area (Å²) in [6, 6.07) is 15.6. The van der Waals surface area contributed by atoms with Crippen LogP contribution in [0.25, 0.3) is 0 Å². The quantitative estimate of drug-likeness (QED) is 0.623. The maximum atomic E-state index is 11.1. The van der Waals surface area contributed by atoms with Gasteiger partial charge in [-0.2, -0.15) is 0 Å². The van der Waals surface area contributed by atoms with E-state index in [9.17, 15) is 15.2 Å². The molecule has 0 spiro atoms. The summed E-state index contributed by atoms with van der Waals surface area (Å²) in [6.45, 7) is 2.56. The molecule has 132 valence electrons. The molecule has 0 saturated carbocycles. The van der Waals surface area contributed by atoms with Crippen molar-refractivity contribution in [2.75, 3.05) is 18.4 Å². The Morgan fingerprint density at radius 2 is 2.04 bits per heavy atom. The zero-order valence-electron chi connectivity index (χ0n) is 14.1. The zero-order valence-corrected chi connectivity index (χ0v) is 14.1. The molecule has 1 aliphatic rings. The largest absolute Gasteiger partial charge is 0.391 e. The van der Waals surface area contributed by atoms with Gasteiger partial charge < -0.3 is 10.4 Å². The average Bonchev–Trinajstić information content (AvgIpc) is 2.63. The standard InChI is InChI=1S/C19H23N3O3/c23-14-16-8-9-17(11-19(16)22(24)25)20-18-7-4-10-21(13-18)12-15-5-2-1-3-6-15/h1-3,5-6,8-9,11,18,20,23H,4,7,10,12-14H2. The monoisotopic (exact) mass is 341 g/mol. The minimum absolute atomic E-state index is 0.0375. The summed E-state index contributed by atoms with van der Waals surface area (Å²) in [6.07, 6.45) is 2.14. The second kappa shape index (κ2) is 8.09. The lowest BCUT2D eigenvalue weighted by molar-refractivity contribution is -0.385. The molecule has 6 nitrogen and oxygen atoms in total. The first-order valence-corrected chi connectivity index (χ1v) is 8.56. The fraction of sp³-hybridized carbons (Fsp3) is 0.368. The normalized spacial score (nSPS) is 18.0. The summed E-state index contributed by atoms with van der Waals surface area (Å²) in [7, 11) is 0. The Balaban J connectivity index is 1.64. The number of nitro benzene ring substituents is 1. The van der Waals surface area contributed by atoms with Gasteiger partial charge in [0.15, 0.2) is 0 Å². The second-order valence-corrected chi connectivity index (χ2v) is 6.46. The van der Waals surface area contributed by atoms with E-state index in [4.69, 9.17) is 0 Å². The number of anilines is 1. The van der Waals surface area contributed by atoms with Gasteiger partial charge in [0.25, 0.3) is 5.69 Å². The molecule has 1 heterocycles. The van der Waals surface area contributed by atoms with Crippen molar-refractivity contribution in [1.82, 2.24) is 4.90 Å². The first kappa shape index (κ1) is 17.4. The van der Waals surface area contributed by atoms with Gasteiger partial charge in [-0.15, -0.1) is 0 Å². The molecule has 0 aliphatic carbocycles. The van der Waals surface area contributed by atoms with E-state index < -0.39 is 4.92 Å². The molecule has 0 amide bonds. The number of nitrogens with one attached hydrogen (secondary N) is 1. The molecule has 2 aromatic rings. The van der Waals surface area contributed by atoms with E-state index in [-0.39, 0.29) is 18.3 Å². The summed E-state index contributed by atoms with van der Waals surface area (Å²) < 4.78 is 0. The number of hydrogen-bond acceptors (Lipinski definition) is 5. The molecule has 1 unspecified atom stereocenters. The van der Waals surface area contributed by atoms with Gasteiger partial charge >= 0.3 is 0 Å². The van der Waals surface area contributed by atoms with Crippen molar-refractivity contribution in [2.45, 2.75) is 32.0 Å². The lowest BCUT2D eigenvalue weighted by Crippen LogP contribution is -2.41. The fourth-order valence-corrected chi connectivity index (χ4v) is 3.35. The first-order valence-electron chi connectivity index (χ1n) is 8.56. The van der Waals surface area contributed by atoms with E-state index in [1.165, 1.54) is 11.6 Å². The predicted molar refractivity (Wildman–Crippen MR) is 97.4 cm³/mol. The Morgan fingerprint density at radius 1 is 1.24 bits per heavy atom. The van der Waals surface area contributed by atoms with Crippen molar-refractivity contribution in [3.8, 4) is 0 Å². The Hall–Kier alpha value is -2.44. The van der Waals surface area contributed by atoms with Crippen LogP contribution in [0.15, 0.2) is 48.5 Å². The molecule has 2 N–H and O–H groups in total. The number of hydrogen-bond donors (Lipinski definition) is 2. The summed E-state index contributed by atoms with van der Waals surface area (Å²) in [5, 5.41) is 23.8. The van der Waals surface area contributed by atoms with Gasteiger partial charge in [-0.25, -0.2) is 0 Å². The van der Waals surface area contributed by atoms with Gasteiger partial charge in [0.05, 0.1) is 17.1 Å². The molecular formula is C19H23N3O3. The number of aliphatic hydroxyl groups is 1. The molecule has 25 heavy (non-hydrogen) atoms. The number of nitrogens with zero attached hydrogens (tertiary/aromatic N) is 2. The maximum Gasteiger partial charge on any atom is 0.276 e. The molecule has 1 aliphatic heterocycles. The van der Waals surface area contributed by atoms with Crippen molar-refractivity contribution in [1.29, 1.82) is 0 Å². The van der Waals surface area contributed by atoms with E-state index in [0.717, 1.165) is 38.2 Å². The van der Waals surface area contributed by atoms with Crippen molar-refractivity contribution in [3.63, 3.8) is 0 Å². The third kappa shape index (κ3) is 4.55. The Morgan fingerprint density at radius 3 is 2.76 bits per heavy atom. The number of aliphatic hydroxyl groups excluding tert-OH is 1. The average molecular weight is 341 g/mol. The van der Waals surface area contributed by atoms with E-state index >= 15 is 0 Å². The van der Waals surface area contributed by atoms with E-state index in [0.29, 0.717) is 5.56 Å². The number of nitro groups is 1. The van der Waals surface area contributed by atoms with Crippen molar-refractivity contribution < 1.29 is 10.0 Å². The van der Waals surface area contributed by atoms with Crippen LogP contribution in [0.3, 0.4) is 0 Å². The van der Waals surface area contributed by atoms with Crippen molar-refractivity contribution in [3.05, 3.63) is 69.8 Å². The van der Waals surface area contributed by atoms with Gasteiger partial charge in [0, 0.05) is 30.9 Å². The first-order chi connectivity index (χ1) is 12.2. The molecular weight excluding hydrogens is 318 g/mol. The fourth-order valence-electron chi connectivity index (χ4n) is 3.35. The van der Waals surface area contributed by atoms with Gasteiger partial charge in [0.2, 0.25) is 0 Å². The third-order valence-corrected chi connectivity index (χ3v) is 4.58. The van der Waals surface area contributed by atoms with Gasteiger partial charge in [-0.1, -0.05) is 30.3 Å². The van der Waals surface area contributed by atoms with Crippen LogP contribution in [0, 0.1) is 10.1 Å².